The van der Waals surface area contributed by atoms with E-state index >= 15 is 0 Å². The van der Waals surface area contributed by atoms with Crippen LogP contribution in [0.15, 0.2) is 59.7 Å². The maximum atomic E-state index is 5.44. The Labute approximate surface area is 114 Å². The molecule has 3 heteroatoms. The van der Waals surface area contributed by atoms with Crippen LogP contribution in [-0.4, -0.2) is 0 Å². The third-order valence-corrected chi connectivity index (χ3v) is 2.65. The number of anilines is 1. The van der Waals surface area contributed by atoms with Crippen LogP contribution in [0.3, 0.4) is 0 Å². The predicted molar refractivity (Wildman–Crippen MR) is 78.3 cm³/mol. The van der Waals surface area contributed by atoms with Gasteiger partial charge in [-0.2, -0.15) is 0 Å². The van der Waals surface area contributed by atoms with Gasteiger partial charge in [-0.05, 0) is 43.2 Å². The Morgan fingerprint density at radius 3 is 2.78 bits per heavy atom. The van der Waals surface area contributed by atoms with E-state index in [2.05, 4.69) is 37.0 Å². The van der Waals surface area contributed by atoms with Gasteiger partial charge in [0.2, 0.25) is 0 Å². The third-order valence-electron chi connectivity index (χ3n) is 2.65. The van der Waals surface area contributed by atoms with Crippen LogP contribution in [0.5, 0.6) is 0 Å². The van der Waals surface area contributed by atoms with Crippen LogP contribution in [0.4, 0.5) is 5.69 Å². The van der Waals surface area contributed by atoms with E-state index in [1.807, 2.05) is 24.3 Å². The Kier molecular flexibility index (Phi) is 5.53. The topological polar surface area (TPSA) is 25.2 Å². The summed E-state index contributed by atoms with van der Waals surface area (Å²) in [5.41, 5.74) is 2.35. The molecule has 0 radical (unpaired) electrons. The molecule has 1 unspecified atom stereocenters. The zero-order valence-electron chi connectivity index (χ0n) is 10.4. The van der Waals surface area contributed by atoms with Crippen LogP contribution in [-0.2, 0) is 0 Å². The van der Waals surface area contributed by atoms with Gasteiger partial charge in [0.25, 0.3) is 0 Å². The van der Waals surface area contributed by atoms with Crippen LogP contribution in [0.2, 0.25) is 0 Å². The van der Waals surface area contributed by atoms with E-state index in [1.165, 1.54) is 5.56 Å². The van der Waals surface area contributed by atoms with E-state index in [4.69, 9.17) is 4.42 Å². The summed E-state index contributed by atoms with van der Waals surface area (Å²) in [7, 11) is 0. The molecular formula is C15H18ClNO. The molecule has 1 atom stereocenters. The molecule has 2 rings (SSSR count). The van der Waals surface area contributed by atoms with Crippen molar-refractivity contribution >= 4 is 18.1 Å². The van der Waals surface area contributed by atoms with E-state index in [9.17, 15) is 0 Å². The number of hydrogen-bond acceptors (Lipinski definition) is 2. The first-order valence-electron chi connectivity index (χ1n) is 5.77. The zero-order chi connectivity index (χ0) is 12.1. The maximum Gasteiger partial charge on any atom is 0.126 e. The van der Waals surface area contributed by atoms with Gasteiger partial charge in [-0.25, -0.2) is 0 Å². The first kappa shape index (κ1) is 14.4. The molecule has 0 aliphatic rings. The molecule has 96 valence electrons. The average molecular weight is 264 g/mol. The second-order valence-electron chi connectivity index (χ2n) is 4.11. The van der Waals surface area contributed by atoms with E-state index < -0.39 is 0 Å². The molecule has 1 N–H and O–H groups in total. The van der Waals surface area contributed by atoms with E-state index in [-0.39, 0.29) is 18.4 Å². The lowest BCUT2D eigenvalue weighted by molar-refractivity contribution is 0.480. The van der Waals surface area contributed by atoms with Gasteiger partial charge in [-0.3, -0.25) is 0 Å². The van der Waals surface area contributed by atoms with Crippen LogP contribution >= 0.6 is 12.4 Å². The molecule has 2 aromatic rings. The van der Waals surface area contributed by atoms with Crippen molar-refractivity contribution in [2.45, 2.75) is 19.4 Å². The highest BCUT2D eigenvalue weighted by Crippen LogP contribution is 2.23. The van der Waals surface area contributed by atoms with Gasteiger partial charge < -0.3 is 9.73 Å². The minimum Gasteiger partial charge on any atom is -0.467 e. The number of nitrogens with one attached hydrogen (secondary N) is 1. The fourth-order valence-corrected chi connectivity index (χ4v) is 1.84. The fourth-order valence-electron chi connectivity index (χ4n) is 1.84. The van der Waals surface area contributed by atoms with E-state index in [0.29, 0.717) is 0 Å². The second kappa shape index (κ2) is 6.92. The smallest absolute Gasteiger partial charge is 0.126 e. The van der Waals surface area contributed by atoms with Crippen molar-refractivity contribution in [1.29, 1.82) is 0 Å². The quantitative estimate of drug-likeness (QED) is 0.789. The number of aryl methyl sites for hydroxylation is 1. The fraction of sp³-hybridized carbons (Fsp3) is 0.200. The summed E-state index contributed by atoms with van der Waals surface area (Å²) >= 11 is 0. The van der Waals surface area contributed by atoms with Gasteiger partial charge in [0.15, 0.2) is 0 Å². The Balaban J connectivity index is 0.00000162. The summed E-state index contributed by atoms with van der Waals surface area (Å²) in [6.07, 6.45) is 4.43. The maximum absolute atomic E-state index is 5.44. The van der Waals surface area contributed by atoms with Crippen molar-refractivity contribution in [1.82, 2.24) is 0 Å². The van der Waals surface area contributed by atoms with Crippen LogP contribution < -0.4 is 5.32 Å². The van der Waals surface area contributed by atoms with Crippen molar-refractivity contribution in [2.24, 2.45) is 0 Å². The lowest BCUT2D eigenvalue weighted by atomic mass is 10.1. The second-order valence-corrected chi connectivity index (χ2v) is 4.11. The number of hydrogen-bond donors (Lipinski definition) is 1. The van der Waals surface area contributed by atoms with Gasteiger partial charge in [-0.1, -0.05) is 18.2 Å². The first-order valence-corrected chi connectivity index (χ1v) is 5.77. The molecule has 0 saturated carbocycles. The lowest BCUT2D eigenvalue weighted by Gasteiger charge is -2.16. The Morgan fingerprint density at radius 1 is 1.33 bits per heavy atom. The van der Waals surface area contributed by atoms with E-state index in [0.717, 1.165) is 17.9 Å². The lowest BCUT2D eigenvalue weighted by Crippen LogP contribution is -2.09. The Hall–Kier alpha value is -1.67. The molecular weight excluding hydrogens is 246 g/mol. The van der Waals surface area contributed by atoms with Gasteiger partial charge in [0.05, 0.1) is 12.3 Å². The molecule has 0 saturated heterocycles. The van der Waals surface area contributed by atoms with Crippen LogP contribution in [0.1, 0.15) is 23.8 Å². The molecule has 18 heavy (non-hydrogen) atoms. The third kappa shape index (κ3) is 3.67. The number of halogens is 1. The molecule has 1 heterocycles. The molecule has 1 aromatic carbocycles. The number of benzene rings is 1. The molecule has 2 nitrogen and oxygen atoms in total. The average Bonchev–Trinajstić information content (AvgIpc) is 2.82. The normalized spacial score (nSPS) is 11.4. The Bertz CT molecular complexity index is 479. The van der Waals surface area contributed by atoms with Crippen molar-refractivity contribution in [2.75, 3.05) is 5.32 Å². The molecule has 1 aromatic heterocycles. The van der Waals surface area contributed by atoms with Gasteiger partial charge >= 0.3 is 0 Å². The highest BCUT2D eigenvalue weighted by atomic mass is 35.5. The molecule has 0 spiro atoms. The van der Waals surface area contributed by atoms with Gasteiger partial charge in [0.1, 0.15) is 5.76 Å². The molecule has 0 fully saturated rings. The SMILES string of the molecule is C=CCC(Nc1cccc(C)c1)c1ccco1.Cl. The molecule has 0 bridgehead atoms. The standard InChI is InChI=1S/C15H17NO.ClH/c1-3-6-14(15-9-5-10-17-15)16-13-8-4-7-12(2)11-13;/h3-5,7-11,14,16H,1,6H2,2H3;1H. The minimum atomic E-state index is 0. The molecule has 0 aliphatic carbocycles. The number of rotatable bonds is 5. The summed E-state index contributed by atoms with van der Waals surface area (Å²) < 4.78 is 5.44. The predicted octanol–water partition coefficient (Wildman–Crippen LogP) is 4.74. The highest BCUT2D eigenvalue weighted by molar-refractivity contribution is 5.85. The first-order chi connectivity index (χ1) is 8.29. The van der Waals surface area contributed by atoms with Gasteiger partial charge in [-0.15, -0.1) is 19.0 Å². The van der Waals surface area contributed by atoms with E-state index in [1.54, 1.807) is 6.26 Å². The van der Waals surface area contributed by atoms with Crippen LogP contribution in [0, 0.1) is 6.92 Å². The zero-order valence-corrected chi connectivity index (χ0v) is 11.2. The van der Waals surface area contributed by atoms with Gasteiger partial charge in [0, 0.05) is 5.69 Å². The highest BCUT2D eigenvalue weighted by Gasteiger charge is 2.12. The van der Waals surface area contributed by atoms with Crippen molar-refractivity contribution in [3.63, 3.8) is 0 Å². The summed E-state index contributed by atoms with van der Waals surface area (Å²) in [5, 5.41) is 3.46. The summed E-state index contributed by atoms with van der Waals surface area (Å²) in [5.74, 6) is 0.936. The van der Waals surface area contributed by atoms with Crippen molar-refractivity contribution in [3.05, 3.63) is 66.6 Å². The summed E-state index contributed by atoms with van der Waals surface area (Å²) in [6, 6.07) is 12.3. The minimum absolute atomic E-state index is 0. The largest absolute Gasteiger partial charge is 0.467 e. The molecule has 0 aliphatic heterocycles. The summed E-state index contributed by atoms with van der Waals surface area (Å²) in [4.78, 5) is 0. The van der Waals surface area contributed by atoms with Crippen LogP contribution in [0.25, 0.3) is 0 Å². The summed E-state index contributed by atoms with van der Waals surface area (Å²) in [6.45, 7) is 5.87. The molecule has 0 amide bonds. The number of furan rings is 1. The Morgan fingerprint density at radius 2 is 2.17 bits per heavy atom. The van der Waals surface area contributed by atoms with Crippen molar-refractivity contribution < 1.29 is 4.42 Å². The van der Waals surface area contributed by atoms with Crippen molar-refractivity contribution in [3.8, 4) is 0 Å². The monoisotopic (exact) mass is 263 g/mol.